The smallest absolute Gasteiger partial charge is 0.259 e. The molecule has 2 aromatic rings. The Bertz CT molecular complexity index is 495. The Labute approximate surface area is 91.3 Å². The van der Waals surface area contributed by atoms with Crippen molar-refractivity contribution in [3.8, 4) is 5.88 Å². The van der Waals surface area contributed by atoms with E-state index in [1.807, 2.05) is 0 Å². The van der Waals surface area contributed by atoms with Gasteiger partial charge < -0.3 is 9.84 Å². The number of nitrogens with zero attached hydrogens (tertiary/aromatic N) is 3. The zero-order valence-corrected chi connectivity index (χ0v) is 9.06. The van der Waals surface area contributed by atoms with E-state index in [9.17, 15) is 5.11 Å². The van der Waals surface area contributed by atoms with Gasteiger partial charge in [-0.2, -0.15) is 4.98 Å². The number of aliphatic hydroxyl groups excluding tert-OH is 1. The first-order valence-electron chi connectivity index (χ1n) is 4.39. The zero-order chi connectivity index (χ0) is 11.0. The first-order valence-corrected chi connectivity index (χ1v) is 4.77. The standard InChI is InChI=1S/C9H10ClN3O2/c1-5(14)6-3-13-4-7(10)12-9(15-2)8(13)11-6/h3-5,14H,1-2H3. The van der Waals surface area contributed by atoms with Crippen molar-refractivity contribution in [3.63, 3.8) is 0 Å². The van der Waals surface area contributed by atoms with Gasteiger partial charge in [-0.3, -0.25) is 4.40 Å². The first-order chi connectivity index (χ1) is 7.11. The van der Waals surface area contributed by atoms with Crippen LogP contribution in [0.5, 0.6) is 5.88 Å². The van der Waals surface area contributed by atoms with Gasteiger partial charge in [-0.1, -0.05) is 11.6 Å². The van der Waals surface area contributed by atoms with Gasteiger partial charge in [0.15, 0.2) is 0 Å². The molecule has 1 unspecified atom stereocenters. The number of rotatable bonds is 2. The van der Waals surface area contributed by atoms with E-state index in [0.717, 1.165) is 0 Å². The van der Waals surface area contributed by atoms with Gasteiger partial charge >= 0.3 is 0 Å². The second kappa shape index (κ2) is 3.67. The Balaban J connectivity index is 2.68. The molecule has 0 bridgehead atoms. The Morgan fingerprint density at radius 1 is 1.47 bits per heavy atom. The molecule has 0 aliphatic heterocycles. The number of hydrogen-bond donors (Lipinski definition) is 1. The second-order valence-electron chi connectivity index (χ2n) is 3.15. The molecule has 15 heavy (non-hydrogen) atoms. The van der Waals surface area contributed by atoms with E-state index >= 15 is 0 Å². The number of halogens is 1. The van der Waals surface area contributed by atoms with Gasteiger partial charge in [-0.05, 0) is 6.92 Å². The lowest BCUT2D eigenvalue weighted by Crippen LogP contribution is -1.94. The number of aliphatic hydroxyl groups is 1. The highest BCUT2D eigenvalue weighted by Gasteiger charge is 2.12. The highest BCUT2D eigenvalue weighted by Crippen LogP contribution is 2.21. The van der Waals surface area contributed by atoms with E-state index in [-0.39, 0.29) is 0 Å². The summed E-state index contributed by atoms with van der Waals surface area (Å²) in [7, 11) is 1.50. The first kappa shape index (κ1) is 10.2. The molecule has 0 fully saturated rings. The van der Waals surface area contributed by atoms with Crippen LogP contribution in [-0.2, 0) is 0 Å². The van der Waals surface area contributed by atoms with Crippen LogP contribution in [0, 0.1) is 0 Å². The highest BCUT2D eigenvalue weighted by molar-refractivity contribution is 6.29. The van der Waals surface area contributed by atoms with E-state index in [1.165, 1.54) is 7.11 Å². The molecular weight excluding hydrogens is 218 g/mol. The summed E-state index contributed by atoms with van der Waals surface area (Å²) in [5.41, 5.74) is 1.09. The minimum absolute atomic E-state index is 0.314. The second-order valence-corrected chi connectivity index (χ2v) is 3.53. The van der Waals surface area contributed by atoms with E-state index in [2.05, 4.69) is 9.97 Å². The monoisotopic (exact) mass is 227 g/mol. The molecule has 0 saturated heterocycles. The molecule has 0 aliphatic rings. The number of aromatic nitrogens is 3. The van der Waals surface area contributed by atoms with E-state index < -0.39 is 6.10 Å². The SMILES string of the molecule is COc1nc(Cl)cn2cc(C(C)O)nc12. The molecule has 2 heterocycles. The van der Waals surface area contributed by atoms with Crippen LogP contribution in [-0.4, -0.2) is 26.6 Å². The third kappa shape index (κ3) is 1.75. The summed E-state index contributed by atoms with van der Waals surface area (Å²) in [6.07, 6.45) is 2.67. The predicted molar refractivity (Wildman–Crippen MR) is 55.2 cm³/mol. The maximum absolute atomic E-state index is 9.39. The quantitative estimate of drug-likeness (QED) is 0.844. The molecule has 0 amide bonds. The molecule has 0 radical (unpaired) electrons. The van der Waals surface area contributed by atoms with Crippen LogP contribution >= 0.6 is 11.6 Å². The lowest BCUT2D eigenvalue weighted by molar-refractivity contribution is 0.195. The molecule has 0 aromatic carbocycles. The summed E-state index contributed by atoms with van der Waals surface area (Å²) in [4.78, 5) is 8.16. The number of hydrogen-bond acceptors (Lipinski definition) is 4. The van der Waals surface area contributed by atoms with Crippen molar-refractivity contribution >= 4 is 17.2 Å². The Morgan fingerprint density at radius 3 is 2.80 bits per heavy atom. The maximum atomic E-state index is 9.39. The van der Waals surface area contributed by atoms with Gasteiger partial charge in [0.2, 0.25) is 5.65 Å². The van der Waals surface area contributed by atoms with Crippen molar-refractivity contribution in [2.75, 3.05) is 7.11 Å². The molecule has 6 heteroatoms. The summed E-state index contributed by atoms with van der Waals surface area (Å²) in [6, 6.07) is 0. The third-order valence-electron chi connectivity index (χ3n) is 2.02. The number of methoxy groups -OCH3 is 1. The minimum Gasteiger partial charge on any atom is -0.478 e. The van der Waals surface area contributed by atoms with Crippen molar-refractivity contribution in [1.82, 2.24) is 14.4 Å². The van der Waals surface area contributed by atoms with Crippen molar-refractivity contribution in [3.05, 3.63) is 23.2 Å². The Kier molecular flexibility index (Phi) is 2.50. The van der Waals surface area contributed by atoms with E-state index in [4.69, 9.17) is 16.3 Å². The van der Waals surface area contributed by atoms with Crippen LogP contribution in [0.4, 0.5) is 0 Å². The molecule has 0 saturated carbocycles. The predicted octanol–water partition coefficient (Wildman–Crippen LogP) is 1.44. The summed E-state index contributed by atoms with van der Waals surface area (Å²) in [5, 5.41) is 9.70. The van der Waals surface area contributed by atoms with E-state index in [0.29, 0.717) is 22.4 Å². The number of imidazole rings is 1. The lowest BCUT2D eigenvalue weighted by atomic mass is 10.3. The summed E-state index contributed by atoms with van der Waals surface area (Å²) < 4.78 is 6.72. The van der Waals surface area contributed by atoms with E-state index in [1.54, 1.807) is 23.7 Å². The fourth-order valence-electron chi connectivity index (χ4n) is 1.30. The summed E-state index contributed by atoms with van der Waals surface area (Å²) in [6.45, 7) is 1.64. The number of fused-ring (bicyclic) bond motifs is 1. The van der Waals surface area contributed by atoms with Crippen LogP contribution in [0.1, 0.15) is 18.7 Å². The maximum Gasteiger partial charge on any atom is 0.259 e. The van der Waals surface area contributed by atoms with Gasteiger partial charge in [0.1, 0.15) is 5.15 Å². The van der Waals surface area contributed by atoms with Crippen molar-refractivity contribution < 1.29 is 9.84 Å². The number of ether oxygens (including phenoxy) is 1. The fraction of sp³-hybridized carbons (Fsp3) is 0.333. The summed E-state index contributed by atoms with van der Waals surface area (Å²) >= 11 is 5.79. The van der Waals surface area contributed by atoms with Crippen molar-refractivity contribution in [1.29, 1.82) is 0 Å². The molecular formula is C9H10ClN3O2. The topological polar surface area (TPSA) is 59.7 Å². The lowest BCUT2D eigenvalue weighted by Gasteiger charge is -2.00. The van der Waals surface area contributed by atoms with Crippen LogP contribution in [0.15, 0.2) is 12.4 Å². The molecule has 5 nitrogen and oxygen atoms in total. The largest absolute Gasteiger partial charge is 0.478 e. The van der Waals surface area contributed by atoms with Crippen molar-refractivity contribution in [2.45, 2.75) is 13.0 Å². The molecule has 80 valence electrons. The Hall–Kier alpha value is -1.33. The molecule has 0 spiro atoms. The highest BCUT2D eigenvalue weighted by atomic mass is 35.5. The summed E-state index contributed by atoms with van der Waals surface area (Å²) in [5.74, 6) is 0.342. The average Bonchev–Trinajstić information content (AvgIpc) is 2.59. The van der Waals surface area contributed by atoms with Gasteiger partial charge in [-0.15, -0.1) is 0 Å². The molecule has 1 atom stereocenters. The van der Waals surface area contributed by atoms with Crippen LogP contribution in [0.3, 0.4) is 0 Å². The molecule has 0 aliphatic carbocycles. The van der Waals surface area contributed by atoms with Gasteiger partial charge in [0, 0.05) is 12.4 Å². The molecule has 2 aromatic heterocycles. The van der Waals surface area contributed by atoms with Crippen molar-refractivity contribution in [2.24, 2.45) is 0 Å². The zero-order valence-electron chi connectivity index (χ0n) is 8.31. The molecule has 1 N–H and O–H groups in total. The van der Waals surface area contributed by atoms with Gasteiger partial charge in [0.25, 0.3) is 5.88 Å². The third-order valence-corrected chi connectivity index (χ3v) is 2.20. The average molecular weight is 228 g/mol. The Morgan fingerprint density at radius 2 is 2.20 bits per heavy atom. The van der Waals surface area contributed by atoms with Crippen LogP contribution in [0.25, 0.3) is 5.65 Å². The fourth-order valence-corrected chi connectivity index (χ4v) is 1.48. The van der Waals surface area contributed by atoms with Crippen LogP contribution in [0.2, 0.25) is 5.15 Å². The minimum atomic E-state index is -0.631. The van der Waals surface area contributed by atoms with Gasteiger partial charge in [-0.25, -0.2) is 4.98 Å². The normalized spacial score (nSPS) is 13.1. The van der Waals surface area contributed by atoms with Gasteiger partial charge in [0.05, 0.1) is 18.9 Å². The molecule has 2 rings (SSSR count). The van der Waals surface area contributed by atoms with Crippen LogP contribution < -0.4 is 4.74 Å².